The lowest BCUT2D eigenvalue weighted by Gasteiger charge is -2.34. The van der Waals surface area contributed by atoms with Crippen LogP contribution in [0.15, 0.2) is 79.0 Å². The van der Waals surface area contributed by atoms with Crippen molar-refractivity contribution in [1.82, 2.24) is 4.90 Å². The Hall–Kier alpha value is -4.55. The minimum absolute atomic E-state index is 0.146. The van der Waals surface area contributed by atoms with Crippen LogP contribution in [0.3, 0.4) is 0 Å². The number of benzene rings is 3. The highest BCUT2D eigenvalue weighted by Gasteiger charge is 2.63. The highest BCUT2D eigenvalue weighted by Crippen LogP contribution is 2.60. The Bertz CT molecular complexity index is 1390. The number of methoxy groups -OCH3 is 2. The molecule has 3 atom stereocenters. The molecule has 0 bridgehead atoms. The van der Waals surface area contributed by atoms with Crippen LogP contribution in [0.4, 0.5) is 0 Å². The SMILES string of the molecule is COc1ccc([C@@H]2[C@@H](C(=O)c3ccccc3)N3C=Cc4ccccc4[C@@H]3C2(C#N)C#N)cc1OC. The van der Waals surface area contributed by atoms with Crippen molar-refractivity contribution in [2.45, 2.75) is 18.0 Å². The molecule has 0 N–H and O–H groups in total. The standard InChI is InChI=1S/C29H23N3O3/c1-34-23-13-12-21(16-24(23)35-2)25-26(27(33)20-9-4-3-5-10-20)32-15-14-19-8-6-7-11-22(19)28(32)29(25,17-30)18-31/h3-16,25-26,28H,1-2H3/t25-,26+,28-/m1/s1. The summed E-state index contributed by atoms with van der Waals surface area (Å²) >= 11 is 0. The Morgan fingerprint density at radius 1 is 0.914 bits per heavy atom. The van der Waals surface area contributed by atoms with E-state index in [4.69, 9.17) is 9.47 Å². The molecule has 3 aromatic carbocycles. The van der Waals surface area contributed by atoms with Gasteiger partial charge in [0.1, 0.15) is 6.04 Å². The number of nitriles is 2. The molecule has 0 radical (unpaired) electrons. The summed E-state index contributed by atoms with van der Waals surface area (Å²) in [4.78, 5) is 15.9. The van der Waals surface area contributed by atoms with Gasteiger partial charge in [0.25, 0.3) is 0 Å². The smallest absolute Gasteiger partial charge is 0.185 e. The third-order valence-corrected chi connectivity index (χ3v) is 7.04. The van der Waals surface area contributed by atoms with Crippen LogP contribution in [0.25, 0.3) is 6.08 Å². The number of nitrogens with zero attached hydrogens (tertiary/aromatic N) is 3. The average Bonchev–Trinajstić information content (AvgIpc) is 3.23. The molecule has 172 valence electrons. The molecule has 1 fully saturated rings. The number of fused-ring (bicyclic) bond motifs is 3. The average molecular weight is 462 g/mol. The molecule has 6 nitrogen and oxygen atoms in total. The van der Waals surface area contributed by atoms with E-state index in [1.165, 1.54) is 7.11 Å². The quantitative estimate of drug-likeness (QED) is 0.491. The zero-order valence-corrected chi connectivity index (χ0v) is 19.4. The van der Waals surface area contributed by atoms with Crippen LogP contribution in [0.1, 0.15) is 39.0 Å². The summed E-state index contributed by atoms with van der Waals surface area (Å²) in [6.07, 6.45) is 3.79. The van der Waals surface area contributed by atoms with Gasteiger partial charge < -0.3 is 14.4 Å². The van der Waals surface area contributed by atoms with Gasteiger partial charge in [-0.25, -0.2) is 0 Å². The van der Waals surface area contributed by atoms with Gasteiger partial charge >= 0.3 is 0 Å². The first kappa shape index (κ1) is 22.3. The minimum Gasteiger partial charge on any atom is -0.493 e. The first-order valence-corrected chi connectivity index (χ1v) is 11.3. The van der Waals surface area contributed by atoms with Gasteiger partial charge in [-0.2, -0.15) is 10.5 Å². The van der Waals surface area contributed by atoms with Crippen molar-refractivity contribution in [1.29, 1.82) is 10.5 Å². The maximum Gasteiger partial charge on any atom is 0.185 e. The molecule has 0 unspecified atom stereocenters. The predicted octanol–water partition coefficient (Wildman–Crippen LogP) is 5.11. The molecule has 0 aromatic heterocycles. The van der Waals surface area contributed by atoms with Crippen LogP contribution in [0.2, 0.25) is 0 Å². The number of hydrogen-bond donors (Lipinski definition) is 0. The Labute approximate surface area is 204 Å². The molecule has 2 aliphatic heterocycles. The molecule has 2 heterocycles. The zero-order chi connectivity index (χ0) is 24.6. The van der Waals surface area contributed by atoms with Crippen LogP contribution in [-0.4, -0.2) is 30.9 Å². The van der Waals surface area contributed by atoms with Crippen molar-refractivity contribution < 1.29 is 14.3 Å². The summed E-state index contributed by atoms with van der Waals surface area (Å²) in [7, 11) is 3.08. The van der Waals surface area contributed by atoms with Gasteiger partial charge in [0.05, 0.1) is 32.4 Å². The van der Waals surface area contributed by atoms with E-state index in [0.717, 1.165) is 11.1 Å². The maximum absolute atomic E-state index is 14.0. The van der Waals surface area contributed by atoms with Crippen molar-refractivity contribution in [3.63, 3.8) is 0 Å². The molecule has 0 spiro atoms. The van der Waals surface area contributed by atoms with Crippen LogP contribution in [0, 0.1) is 28.1 Å². The van der Waals surface area contributed by atoms with Crippen LogP contribution in [-0.2, 0) is 0 Å². The van der Waals surface area contributed by atoms with E-state index in [1.807, 2.05) is 65.7 Å². The normalized spacial score (nSPS) is 21.3. The highest BCUT2D eigenvalue weighted by atomic mass is 16.5. The molecule has 2 aliphatic rings. The number of Topliss-reactive ketones (excluding diaryl/α,β-unsaturated/α-hetero) is 1. The van der Waals surface area contributed by atoms with Crippen molar-refractivity contribution in [3.8, 4) is 23.6 Å². The van der Waals surface area contributed by atoms with Crippen LogP contribution >= 0.6 is 0 Å². The number of carbonyl (C=O) groups excluding carboxylic acids is 1. The van der Waals surface area contributed by atoms with E-state index < -0.39 is 23.4 Å². The van der Waals surface area contributed by atoms with Crippen LogP contribution in [0.5, 0.6) is 11.5 Å². The van der Waals surface area contributed by atoms with Crippen LogP contribution < -0.4 is 9.47 Å². The van der Waals surface area contributed by atoms with E-state index in [1.54, 1.807) is 31.4 Å². The summed E-state index contributed by atoms with van der Waals surface area (Å²) in [5.41, 5.74) is 1.45. The van der Waals surface area contributed by atoms with E-state index >= 15 is 0 Å². The minimum atomic E-state index is -1.53. The third-order valence-electron chi connectivity index (χ3n) is 7.04. The van der Waals surface area contributed by atoms with E-state index in [0.29, 0.717) is 22.6 Å². The fraction of sp³-hybridized carbons (Fsp3) is 0.207. The van der Waals surface area contributed by atoms with Crippen molar-refractivity contribution >= 4 is 11.9 Å². The second-order valence-electron chi connectivity index (χ2n) is 8.65. The fourth-order valence-electron chi connectivity index (χ4n) is 5.49. The van der Waals surface area contributed by atoms with Gasteiger partial charge in [0.2, 0.25) is 0 Å². The summed E-state index contributed by atoms with van der Waals surface area (Å²) in [6, 6.07) is 25.4. The Kier molecular flexibility index (Phi) is 5.51. The van der Waals surface area contributed by atoms with Gasteiger partial charge in [-0.05, 0) is 34.9 Å². The van der Waals surface area contributed by atoms with Crippen molar-refractivity contribution in [2.24, 2.45) is 5.41 Å². The van der Waals surface area contributed by atoms with Gasteiger partial charge in [-0.1, -0.05) is 60.7 Å². The summed E-state index contributed by atoms with van der Waals surface area (Å²) in [5, 5.41) is 21.2. The third kappa shape index (κ3) is 3.26. The lowest BCUT2D eigenvalue weighted by atomic mass is 9.67. The van der Waals surface area contributed by atoms with Gasteiger partial charge in [0.15, 0.2) is 22.7 Å². The topological polar surface area (TPSA) is 86.4 Å². The van der Waals surface area contributed by atoms with E-state index in [2.05, 4.69) is 12.1 Å². The number of ketones is 1. The summed E-state index contributed by atoms with van der Waals surface area (Å²) in [6.45, 7) is 0. The molecule has 0 aliphatic carbocycles. The molecule has 5 rings (SSSR count). The number of carbonyl (C=O) groups is 1. The molecule has 1 saturated heterocycles. The summed E-state index contributed by atoms with van der Waals surface area (Å²) < 4.78 is 10.9. The van der Waals surface area contributed by atoms with Crippen molar-refractivity contribution in [3.05, 3.63) is 101 Å². The molecular weight excluding hydrogens is 438 g/mol. The Morgan fingerprint density at radius 2 is 1.60 bits per heavy atom. The number of hydrogen-bond acceptors (Lipinski definition) is 6. The lowest BCUT2D eigenvalue weighted by molar-refractivity contribution is 0.0874. The van der Waals surface area contributed by atoms with Crippen molar-refractivity contribution in [2.75, 3.05) is 14.2 Å². The molecule has 0 saturated carbocycles. The highest BCUT2D eigenvalue weighted by molar-refractivity contribution is 6.01. The Morgan fingerprint density at radius 3 is 2.29 bits per heavy atom. The molecule has 6 heteroatoms. The predicted molar refractivity (Wildman–Crippen MR) is 131 cm³/mol. The Balaban J connectivity index is 1.78. The summed E-state index contributed by atoms with van der Waals surface area (Å²) in [5.74, 6) is 0.113. The first-order valence-electron chi connectivity index (χ1n) is 11.3. The maximum atomic E-state index is 14.0. The number of ether oxygens (including phenoxy) is 2. The molecule has 0 amide bonds. The largest absolute Gasteiger partial charge is 0.493 e. The molecule has 3 aromatic rings. The molecular formula is C29H23N3O3. The van der Waals surface area contributed by atoms with Gasteiger partial charge in [0, 0.05) is 17.7 Å². The van der Waals surface area contributed by atoms with E-state index in [-0.39, 0.29) is 5.78 Å². The van der Waals surface area contributed by atoms with Gasteiger partial charge in [-0.3, -0.25) is 4.79 Å². The van der Waals surface area contributed by atoms with E-state index in [9.17, 15) is 15.3 Å². The second kappa shape index (κ2) is 8.66. The second-order valence-corrected chi connectivity index (χ2v) is 8.65. The monoisotopic (exact) mass is 461 g/mol. The molecule has 35 heavy (non-hydrogen) atoms. The first-order chi connectivity index (χ1) is 17.1. The lowest BCUT2D eigenvalue weighted by Crippen LogP contribution is -2.37. The zero-order valence-electron chi connectivity index (χ0n) is 19.4. The number of rotatable bonds is 5. The fourth-order valence-corrected chi connectivity index (χ4v) is 5.49. The van der Waals surface area contributed by atoms with Gasteiger partial charge in [-0.15, -0.1) is 0 Å².